The van der Waals surface area contributed by atoms with E-state index in [1.54, 1.807) is 6.92 Å². The van der Waals surface area contributed by atoms with Gasteiger partial charge in [-0.1, -0.05) is 32.1 Å². The molecule has 1 saturated heterocycles. The Morgan fingerprint density at radius 2 is 1.87 bits per heavy atom. The zero-order valence-corrected chi connectivity index (χ0v) is 17.2. The number of carbonyl (C=O) groups excluding carboxylic acids is 3. The largest absolute Gasteiger partial charge is 0.490 e. The number of benzene rings is 1. The lowest BCUT2D eigenvalue weighted by molar-refractivity contribution is -0.385. The number of nitrogens with one attached hydrogen (secondary N) is 2. The molecule has 1 saturated carbocycles. The van der Waals surface area contributed by atoms with Gasteiger partial charge in [-0.3, -0.25) is 24.6 Å². The smallest absolute Gasteiger partial charge is 0.325 e. The molecule has 1 aromatic rings. The number of aryl methyl sites for hydroxylation is 1. The number of imide groups is 1. The molecule has 0 unspecified atom stereocenters. The maximum absolute atomic E-state index is 13.0. The summed E-state index contributed by atoms with van der Waals surface area (Å²) in [6, 6.07) is 2.09. The average Bonchev–Trinajstić information content (AvgIpc) is 2.91. The van der Waals surface area contributed by atoms with E-state index >= 15 is 0 Å². The maximum atomic E-state index is 13.0. The van der Waals surface area contributed by atoms with Gasteiger partial charge >= 0.3 is 11.7 Å². The van der Waals surface area contributed by atoms with Crippen LogP contribution in [0.5, 0.6) is 5.75 Å². The van der Waals surface area contributed by atoms with E-state index in [0.29, 0.717) is 24.1 Å². The lowest BCUT2D eigenvalue weighted by atomic mass is 9.84. The molecule has 30 heavy (non-hydrogen) atoms. The minimum atomic E-state index is -0.912. The van der Waals surface area contributed by atoms with Crippen LogP contribution in [-0.2, 0) is 9.59 Å². The number of amides is 4. The van der Waals surface area contributed by atoms with Crippen molar-refractivity contribution in [2.75, 3.05) is 19.0 Å². The van der Waals surface area contributed by atoms with Crippen molar-refractivity contribution in [3.05, 3.63) is 27.8 Å². The van der Waals surface area contributed by atoms with E-state index in [4.69, 9.17) is 4.74 Å². The fraction of sp³-hybridized carbons (Fsp3) is 0.550. The highest BCUT2D eigenvalue weighted by Crippen LogP contribution is 2.34. The molecule has 2 fully saturated rings. The molecule has 1 aliphatic carbocycles. The van der Waals surface area contributed by atoms with Crippen LogP contribution in [-0.4, -0.2) is 46.9 Å². The van der Waals surface area contributed by atoms with Crippen molar-refractivity contribution in [2.45, 2.75) is 57.4 Å². The molecular weight excluding hydrogens is 392 g/mol. The first kappa shape index (κ1) is 21.5. The van der Waals surface area contributed by atoms with E-state index in [1.807, 2.05) is 0 Å². The van der Waals surface area contributed by atoms with Gasteiger partial charge in [0.25, 0.3) is 5.91 Å². The second-order valence-electron chi connectivity index (χ2n) is 7.82. The molecule has 0 radical (unpaired) electrons. The monoisotopic (exact) mass is 418 g/mol. The summed E-state index contributed by atoms with van der Waals surface area (Å²) < 4.78 is 5.03. The first-order valence-corrected chi connectivity index (χ1v) is 10.0. The summed E-state index contributed by atoms with van der Waals surface area (Å²) in [6.07, 6.45) is 6.03. The minimum Gasteiger partial charge on any atom is -0.490 e. The molecule has 0 atom stereocenters. The lowest BCUT2D eigenvalue weighted by Gasteiger charge is -2.28. The Kier molecular flexibility index (Phi) is 6.23. The van der Waals surface area contributed by atoms with E-state index in [-0.39, 0.29) is 17.3 Å². The number of hydrogen-bond donors (Lipinski definition) is 2. The zero-order chi connectivity index (χ0) is 21.9. The topological polar surface area (TPSA) is 131 Å². The van der Waals surface area contributed by atoms with Crippen molar-refractivity contribution in [2.24, 2.45) is 0 Å². The SMILES string of the molecule is COc1cc(NC(=O)CN2C(=O)NC3(CCCCCCC3)C2=O)c(C)cc1[N+](=O)[O-]. The second-order valence-corrected chi connectivity index (χ2v) is 7.82. The molecule has 0 aromatic heterocycles. The number of anilines is 1. The highest BCUT2D eigenvalue weighted by molar-refractivity contribution is 6.10. The third-order valence-corrected chi connectivity index (χ3v) is 5.75. The summed E-state index contributed by atoms with van der Waals surface area (Å²) in [5.74, 6) is -0.924. The fourth-order valence-electron chi connectivity index (χ4n) is 4.11. The Hall–Kier alpha value is -3.17. The van der Waals surface area contributed by atoms with Gasteiger partial charge in [-0.05, 0) is 25.3 Å². The lowest BCUT2D eigenvalue weighted by Crippen LogP contribution is -2.47. The molecule has 0 bridgehead atoms. The zero-order valence-electron chi connectivity index (χ0n) is 17.2. The number of nitrogens with zero attached hydrogens (tertiary/aromatic N) is 2. The molecule has 3 rings (SSSR count). The van der Waals surface area contributed by atoms with Crippen molar-refractivity contribution >= 4 is 29.2 Å². The van der Waals surface area contributed by atoms with Gasteiger partial charge in [0.2, 0.25) is 5.91 Å². The van der Waals surface area contributed by atoms with Crippen LogP contribution in [0.2, 0.25) is 0 Å². The molecule has 162 valence electrons. The summed E-state index contributed by atoms with van der Waals surface area (Å²) in [5, 5.41) is 16.5. The van der Waals surface area contributed by atoms with Gasteiger partial charge in [0.15, 0.2) is 5.75 Å². The number of nitro groups is 1. The van der Waals surface area contributed by atoms with Crippen molar-refractivity contribution in [1.82, 2.24) is 10.2 Å². The molecule has 1 aromatic carbocycles. The van der Waals surface area contributed by atoms with E-state index in [1.165, 1.54) is 19.2 Å². The normalized spacial score (nSPS) is 18.5. The van der Waals surface area contributed by atoms with Crippen LogP contribution >= 0.6 is 0 Å². The van der Waals surface area contributed by atoms with E-state index in [9.17, 15) is 24.5 Å². The Labute approximate surface area is 174 Å². The predicted molar refractivity (Wildman–Crippen MR) is 108 cm³/mol. The summed E-state index contributed by atoms with van der Waals surface area (Å²) in [5.41, 5.74) is -0.349. The quantitative estimate of drug-likeness (QED) is 0.429. The van der Waals surface area contributed by atoms with Gasteiger partial charge in [0.05, 0.1) is 12.0 Å². The van der Waals surface area contributed by atoms with Crippen LogP contribution < -0.4 is 15.4 Å². The molecule has 1 aliphatic heterocycles. The average molecular weight is 418 g/mol. The van der Waals surface area contributed by atoms with Crippen LogP contribution in [0.3, 0.4) is 0 Å². The van der Waals surface area contributed by atoms with Crippen LogP contribution in [0.25, 0.3) is 0 Å². The Balaban J connectivity index is 1.72. The number of hydrogen-bond acceptors (Lipinski definition) is 6. The summed E-state index contributed by atoms with van der Waals surface area (Å²) in [4.78, 5) is 49.5. The van der Waals surface area contributed by atoms with E-state index < -0.39 is 28.9 Å². The van der Waals surface area contributed by atoms with Crippen molar-refractivity contribution in [3.63, 3.8) is 0 Å². The minimum absolute atomic E-state index is 0.00404. The molecule has 10 heteroatoms. The summed E-state index contributed by atoms with van der Waals surface area (Å²) in [7, 11) is 1.30. The molecule has 4 amide bonds. The number of ether oxygens (including phenoxy) is 1. The molecule has 1 spiro atoms. The molecular formula is C20H26N4O6. The molecule has 1 heterocycles. The third-order valence-electron chi connectivity index (χ3n) is 5.75. The Bertz CT molecular complexity index is 876. The first-order chi connectivity index (χ1) is 14.3. The number of urea groups is 1. The molecule has 10 nitrogen and oxygen atoms in total. The first-order valence-electron chi connectivity index (χ1n) is 10.0. The molecule has 2 aliphatic rings. The third kappa shape index (κ3) is 4.22. The second kappa shape index (κ2) is 8.68. The fourth-order valence-corrected chi connectivity index (χ4v) is 4.11. The molecule has 2 N–H and O–H groups in total. The van der Waals surface area contributed by atoms with Crippen LogP contribution in [0.4, 0.5) is 16.2 Å². The maximum Gasteiger partial charge on any atom is 0.325 e. The van der Waals surface area contributed by atoms with Crippen LogP contribution in [0.1, 0.15) is 50.5 Å². The van der Waals surface area contributed by atoms with Crippen LogP contribution in [0, 0.1) is 17.0 Å². The summed E-state index contributed by atoms with van der Waals surface area (Å²) >= 11 is 0. The van der Waals surface area contributed by atoms with Crippen molar-refractivity contribution in [3.8, 4) is 5.75 Å². The van der Waals surface area contributed by atoms with Gasteiger partial charge in [0.1, 0.15) is 12.1 Å². The van der Waals surface area contributed by atoms with Crippen molar-refractivity contribution in [1.29, 1.82) is 0 Å². The number of nitro benzene ring substituents is 1. The number of rotatable bonds is 5. The number of carbonyl (C=O) groups is 3. The number of methoxy groups -OCH3 is 1. The van der Waals surface area contributed by atoms with E-state index in [0.717, 1.165) is 37.0 Å². The Morgan fingerprint density at radius 1 is 1.23 bits per heavy atom. The van der Waals surface area contributed by atoms with Crippen LogP contribution in [0.15, 0.2) is 12.1 Å². The van der Waals surface area contributed by atoms with Gasteiger partial charge in [0, 0.05) is 17.8 Å². The summed E-state index contributed by atoms with van der Waals surface area (Å²) in [6.45, 7) is 1.18. The highest BCUT2D eigenvalue weighted by atomic mass is 16.6. The van der Waals surface area contributed by atoms with E-state index in [2.05, 4.69) is 10.6 Å². The van der Waals surface area contributed by atoms with Crippen molar-refractivity contribution < 1.29 is 24.0 Å². The van der Waals surface area contributed by atoms with Gasteiger partial charge < -0.3 is 15.4 Å². The van der Waals surface area contributed by atoms with Gasteiger partial charge in [-0.15, -0.1) is 0 Å². The van der Waals surface area contributed by atoms with Gasteiger partial charge in [-0.2, -0.15) is 0 Å². The Morgan fingerprint density at radius 3 is 2.47 bits per heavy atom. The predicted octanol–water partition coefficient (Wildman–Crippen LogP) is 2.89. The van der Waals surface area contributed by atoms with Gasteiger partial charge in [-0.25, -0.2) is 4.79 Å². The standard InChI is InChI=1S/C20H26N4O6/c1-13-10-15(24(28)29)16(30-2)11-14(13)21-17(25)12-23-18(26)20(22-19(23)27)8-6-4-3-5-7-9-20/h10-11H,3-9,12H2,1-2H3,(H,21,25)(H,22,27). The highest BCUT2D eigenvalue weighted by Gasteiger charge is 2.50.